The largest absolute Gasteiger partial charge is 0.465 e. The Labute approximate surface area is 133 Å². The van der Waals surface area contributed by atoms with E-state index in [4.69, 9.17) is 4.74 Å². The summed E-state index contributed by atoms with van der Waals surface area (Å²) in [4.78, 5) is 13.1. The molecule has 4 bridgehead atoms. The predicted molar refractivity (Wildman–Crippen MR) is 85.1 cm³/mol. The van der Waals surface area contributed by atoms with Crippen LogP contribution < -0.4 is 0 Å². The van der Waals surface area contributed by atoms with E-state index in [9.17, 15) is 4.79 Å². The van der Waals surface area contributed by atoms with Crippen molar-refractivity contribution in [2.45, 2.75) is 64.7 Å². The molecule has 0 unspecified atom stereocenters. The molecule has 0 amide bonds. The van der Waals surface area contributed by atoms with Gasteiger partial charge < -0.3 is 4.74 Å². The van der Waals surface area contributed by atoms with Gasteiger partial charge in [0.25, 0.3) is 0 Å². The van der Waals surface area contributed by atoms with Gasteiger partial charge in [-0.05, 0) is 74.5 Å². The molecule has 4 saturated carbocycles. The van der Waals surface area contributed by atoms with Crippen LogP contribution in [0.2, 0.25) is 0 Å². The van der Waals surface area contributed by atoms with E-state index in [2.05, 4.69) is 13.5 Å². The van der Waals surface area contributed by atoms with Gasteiger partial charge in [0, 0.05) is 5.41 Å². The summed E-state index contributed by atoms with van der Waals surface area (Å²) in [5.74, 6) is 2.08. The maximum absolute atomic E-state index is 13.1. The third kappa shape index (κ3) is 1.37. The second kappa shape index (κ2) is 3.99. The van der Waals surface area contributed by atoms with Crippen LogP contribution in [0.5, 0.6) is 0 Å². The van der Waals surface area contributed by atoms with Gasteiger partial charge in [-0.1, -0.05) is 25.5 Å². The van der Waals surface area contributed by atoms with Crippen LogP contribution in [0.1, 0.15) is 64.7 Å². The first kappa shape index (κ1) is 13.6. The minimum absolute atomic E-state index is 0.140. The lowest BCUT2D eigenvalue weighted by atomic mass is 9.39. The number of ether oxygens (including phenoxy) is 1. The molecule has 5 fully saturated rings. The number of carbonyl (C=O) groups is 1. The van der Waals surface area contributed by atoms with Gasteiger partial charge in [0.1, 0.15) is 0 Å². The maximum atomic E-state index is 13.1. The van der Waals surface area contributed by atoms with Gasteiger partial charge in [-0.3, -0.25) is 4.79 Å². The molecule has 120 valence electrons. The van der Waals surface area contributed by atoms with Crippen LogP contribution >= 0.6 is 0 Å². The molecule has 2 heteroatoms. The summed E-state index contributed by atoms with van der Waals surface area (Å²) in [5.41, 5.74) is 1.99. The van der Waals surface area contributed by atoms with Gasteiger partial charge in [0.15, 0.2) is 0 Å². The number of fused-ring (bicyclic) bond motifs is 1. The summed E-state index contributed by atoms with van der Waals surface area (Å²) < 4.78 is 5.83. The maximum Gasteiger partial charge on any atom is 0.312 e. The summed E-state index contributed by atoms with van der Waals surface area (Å²) in [6, 6.07) is 0. The van der Waals surface area contributed by atoms with Crippen LogP contribution in [-0.2, 0) is 9.53 Å². The molecule has 2 nitrogen and oxygen atoms in total. The van der Waals surface area contributed by atoms with Gasteiger partial charge >= 0.3 is 5.97 Å². The lowest BCUT2D eigenvalue weighted by Gasteiger charge is -2.65. The Bertz CT molecular complexity index is 566. The van der Waals surface area contributed by atoms with Gasteiger partial charge in [-0.25, -0.2) is 0 Å². The molecule has 1 heterocycles. The number of hydrogen-bond acceptors (Lipinski definition) is 2. The zero-order chi connectivity index (χ0) is 15.2. The fourth-order valence-corrected chi connectivity index (χ4v) is 7.85. The quantitative estimate of drug-likeness (QED) is 0.486. The Morgan fingerprint density at radius 2 is 2.00 bits per heavy atom. The van der Waals surface area contributed by atoms with Gasteiger partial charge in [0.05, 0.1) is 12.0 Å². The number of carbonyl (C=O) groups excluding carboxylic acids is 1. The molecule has 1 spiro atoms. The Kier molecular flexibility index (Phi) is 2.47. The second-order valence-corrected chi connectivity index (χ2v) is 9.44. The second-order valence-electron chi connectivity index (χ2n) is 9.44. The Morgan fingerprint density at radius 3 is 2.86 bits per heavy atom. The third-order valence-corrected chi connectivity index (χ3v) is 8.62. The van der Waals surface area contributed by atoms with E-state index in [0.29, 0.717) is 23.9 Å². The Hall–Kier alpha value is -0.790. The molecule has 22 heavy (non-hydrogen) atoms. The molecule has 1 aliphatic heterocycles. The van der Waals surface area contributed by atoms with Crippen LogP contribution in [0.25, 0.3) is 0 Å². The number of hydrogen-bond donors (Lipinski definition) is 0. The highest BCUT2D eigenvalue weighted by molar-refractivity contribution is 5.79. The fourth-order valence-electron chi connectivity index (χ4n) is 7.85. The molecular formula is C20H28O2. The number of esters is 1. The van der Waals surface area contributed by atoms with Crippen molar-refractivity contribution in [1.29, 1.82) is 0 Å². The van der Waals surface area contributed by atoms with Crippen molar-refractivity contribution < 1.29 is 9.53 Å². The lowest BCUT2D eigenvalue weighted by Crippen LogP contribution is -2.65. The van der Waals surface area contributed by atoms with Crippen LogP contribution in [0.4, 0.5) is 0 Å². The highest BCUT2D eigenvalue weighted by Gasteiger charge is 2.70. The van der Waals surface area contributed by atoms with Gasteiger partial charge in [0.2, 0.25) is 0 Å². The summed E-state index contributed by atoms with van der Waals surface area (Å²) in [7, 11) is 0. The minimum Gasteiger partial charge on any atom is -0.465 e. The summed E-state index contributed by atoms with van der Waals surface area (Å²) >= 11 is 0. The topological polar surface area (TPSA) is 26.3 Å². The third-order valence-electron chi connectivity index (χ3n) is 8.62. The van der Waals surface area contributed by atoms with E-state index < -0.39 is 0 Å². The molecule has 5 rings (SSSR count). The number of allylic oxidation sites excluding steroid dienone is 1. The monoisotopic (exact) mass is 300 g/mol. The molecule has 0 aromatic heterocycles. The highest BCUT2D eigenvalue weighted by atomic mass is 16.5. The van der Waals surface area contributed by atoms with Gasteiger partial charge in [-0.2, -0.15) is 0 Å². The molecule has 5 aliphatic rings. The van der Waals surface area contributed by atoms with Gasteiger partial charge in [-0.15, -0.1) is 0 Å². The van der Waals surface area contributed by atoms with Crippen LogP contribution in [0.15, 0.2) is 12.2 Å². The van der Waals surface area contributed by atoms with Crippen molar-refractivity contribution in [2.24, 2.45) is 34.0 Å². The lowest BCUT2D eigenvalue weighted by molar-refractivity contribution is -0.231. The average molecular weight is 300 g/mol. The summed E-state index contributed by atoms with van der Waals surface area (Å²) in [6.07, 6.45) is 11.2. The number of rotatable bonds is 0. The SMILES string of the molecule is C=C1C[C@@]23CC[C@@H]4[C@@]5(C)CCC[C@]4(C(=O)OC5)[C@@H]2CC[C@@H]1C3. The van der Waals surface area contributed by atoms with Crippen molar-refractivity contribution >= 4 is 5.97 Å². The molecule has 0 N–H and O–H groups in total. The van der Waals surface area contributed by atoms with Crippen LogP contribution in [-0.4, -0.2) is 12.6 Å². The van der Waals surface area contributed by atoms with Crippen molar-refractivity contribution in [3.8, 4) is 0 Å². The molecule has 0 aromatic rings. The van der Waals surface area contributed by atoms with E-state index in [1.165, 1.54) is 56.9 Å². The van der Waals surface area contributed by atoms with Crippen molar-refractivity contribution in [3.05, 3.63) is 12.2 Å². The van der Waals surface area contributed by atoms with Crippen molar-refractivity contribution in [1.82, 2.24) is 0 Å². The first-order chi connectivity index (χ1) is 10.5. The zero-order valence-corrected chi connectivity index (χ0v) is 13.8. The summed E-state index contributed by atoms with van der Waals surface area (Å²) in [5, 5.41) is 0. The first-order valence-corrected chi connectivity index (χ1v) is 9.35. The number of cyclic esters (lactones) is 1. The predicted octanol–water partition coefficient (Wildman–Crippen LogP) is 4.49. The van der Waals surface area contributed by atoms with Crippen LogP contribution in [0, 0.1) is 34.0 Å². The Balaban J connectivity index is 1.65. The van der Waals surface area contributed by atoms with Crippen molar-refractivity contribution in [3.63, 3.8) is 0 Å². The van der Waals surface area contributed by atoms with Crippen LogP contribution in [0.3, 0.4) is 0 Å². The summed E-state index contributed by atoms with van der Waals surface area (Å²) in [6.45, 7) is 7.45. The van der Waals surface area contributed by atoms with E-state index in [1.807, 2.05) is 0 Å². The minimum atomic E-state index is -0.140. The molecule has 6 atom stereocenters. The molecule has 0 aromatic carbocycles. The molecule has 1 saturated heterocycles. The molecule has 0 radical (unpaired) electrons. The van der Waals surface area contributed by atoms with Crippen molar-refractivity contribution in [2.75, 3.05) is 6.61 Å². The highest BCUT2D eigenvalue weighted by Crippen LogP contribution is 2.73. The normalized spacial score (nSPS) is 56.1. The van der Waals surface area contributed by atoms with E-state index in [-0.39, 0.29) is 16.8 Å². The average Bonchev–Trinajstić information content (AvgIpc) is 2.73. The fraction of sp³-hybridized carbons (Fsp3) is 0.850. The smallest absolute Gasteiger partial charge is 0.312 e. The van der Waals surface area contributed by atoms with E-state index >= 15 is 0 Å². The van der Waals surface area contributed by atoms with E-state index in [0.717, 1.165) is 12.3 Å². The molecular weight excluding hydrogens is 272 g/mol. The van der Waals surface area contributed by atoms with E-state index in [1.54, 1.807) is 0 Å². The zero-order valence-electron chi connectivity index (χ0n) is 13.8. The standard InChI is InChI=1S/C20H28O2/c1-13-10-19-9-6-15-18(2)7-3-8-20(15,17(21)22-12-18)16(19)5-4-14(13)11-19/h14-16H,1,3-12H2,2H3/t14-,15-,16-,18+,19-,20-/m1/s1. The molecule has 4 aliphatic carbocycles. The first-order valence-electron chi connectivity index (χ1n) is 9.35. The Morgan fingerprint density at radius 1 is 1.14 bits per heavy atom.